The largest absolute Gasteiger partial charge is 0.339 e. The van der Waals surface area contributed by atoms with Gasteiger partial charge in [-0.15, -0.1) is 0 Å². The van der Waals surface area contributed by atoms with Crippen LogP contribution in [0.25, 0.3) is 0 Å². The number of urea groups is 1. The number of halogens is 2. The van der Waals surface area contributed by atoms with Crippen molar-refractivity contribution in [1.82, 2.24) is 9.80 Å². The number of benzene rings is 2. The van der Waals surface area contributed by atoms with E-state index in [0.29, 0.717) is 27.8 Å². The number of hydrogen-bond donors (Lipinski definition) is 2. The van der Waals surface area contributed by atoms with E-state index in [-0.39, 0.29) is 34.9 Å². The number of carbonyl (C=O) groups excluding carboxylic acids is 4. The highest BCUT2D eigenvalue weighted by atomic mass is 127. The Morgan fingerprint density at radius 3 is 2.46 bits per heavy atom. The topological polar surface area (TPSA) is 102 Å². The second kappa shape index (κ2) is 9.43. The molecule has 192 valence electrons. The van der Waals surface area contributed by atoms with Gasteiger partial charge in [0, 0.05) is 35.0 Å². The van der Waals surface area contributed by atoms with Crippen LogP contribution in [-0.2, 0) is 14.4 Å². The van der Waals surface area contributed by atoms with Crippen LogP contribution in [-0.4, -0.2) is 52.7 Å². The molecule has 0 aromatic heterocycles. The van der Waals surface area contributed by atoms with Gasteiger partial charge in [-0.1, -0.05) is 13.0 Å². The van der Waals surface area contributed by atoms with Crippen LogP contribution in [0.5, 0.6) is 0 Å². The van der Waals surface area contributed by atoms with Crippen LogP contribution < -0.4 is 15.5 Å². The third-order valence-electron chi connectivity index (χ3n) is 6.76. The first-order valence-corrected chi connectivity index (χ1v) is 12.9. The lowest BCUT2D eigenvalue weighted by Crippen LogP contribution is -2.65. The summed E-state index contributed by atoms with van der Waals surface area (Å²) in [5, 5.41) is 5.68. The molecule has 2 fully saturated rings. The zero-order valence-corrected chi connectivity index (χ0v) is 22.6. The molecule has 1 saturated carbocycles. The second-order valence-electron chi connectivity index (χ2n) is 9.43. The normalized spacial score (nSPS) is 21.9. The molecule has 5 amide bonds. The summed E-state index contributed by atoms with van der Waals surface area (Å²) in [4.78, 5) is 56.7. The maximum atomic E-state index is 14.8. The number of fused-ring (bicyclic) bond motifs is 1. The lowest BCUT2D eigenvalue weighted by molar-refractivity contribution is -0.134. The van der Waals surface area contributed by atoms with Gasteiger partial charge in [0.15, 0.2) is 0 Å². The van der Waals surface area contributed by atoms with E-state index in [1.165, 1.54) is 34.7 Å². The molecule has 0 radical (unpaired) electrons. The monoisotopic (exact) mass is 617 g/mol. The molecular weight excluding hydrogens is 592 g/mol. The zero-order valence-electron chi connectivity index (χ0n) is 20.4. The Balaban J connectivity index is 1.69. The van der Waals surface area contributed by atoms with E-state index >= 15 is 0 Å². The van der Waals surface area contributed by atoms with Crippen molar-refractivity contribution in [2.24, 2.45) is 5.92 Å². The fourth-order valence-corrected chi connectivity index (χ4v) is 5.34. The first kappa shape index (κ1) is 25.2. The molecule has 1 saturated heterocycles. The molecule has 11 heteroatoms. The van der Waals surface area contributed by atoms with Crippen LogP contribution in [0, 0.1) is 15.3 Å². The summed E-state index contributed by atoms with van der Waals surface area (Å²) in [7, 11) is 1.53. The van der Waals surface area contributed by atoms with Gasteiger partial charge in [0.25, 0.3) is 5.91 Å². The molecule has 2 aromatic carbocycles. The van der Waals surface area contributed by atoms with Crippen molar-refractivity contribution in [2.45, 2.75) is 38.8 Å². The van der Waals surface area contributed by atoms with Crippen LogP contribution in [0.1, 0.15) is 26.7 Å². The molecule has 1 aliphatic carbocycles. The molecule has 0 spiro atoms. The number of nitrogens with one attached hydrogen (secondary N) is 2. The number of carbonyl (C=O) groups is 4. The van der Waals surface area contributed by atoms with Crippen molar-refractivity contribution >= 4 is 63.4 Å². The van der Waals surface area contributed by atoms with Gasteiger partial charge in [-0.3, -0.25) is 24.2 Å². The highest BCUT2D eigenvalue weighted by molar-refractivity contribution is 14.1. The molecule has 2 unspecified atom stereocenters. The lowest BCUT2D eigenvalue weighted by atomic mass is 9.85. The number of amides is 5. The number of hydrogen-bond acceptors (Lipinski definition) is 5. The summed E-state index contributed by atoms with van der Waals surface area (Å²) in [5.41, 5.74) is 1.23. The fourth-order valence-electron chi connectivity index (χ4n) is 4.89. The Kier molecular flexibility index (Phi) is 6.42. The number of rotatable bonds is 5. The summed E-state index contributed by atoms with van der Waals surface area (Å²) < 4.78 is 15.5. The van der Waals surface area contributed by atoms with Crippen LogP contribution >= 0.6 is 22.6 Å². The first-order chi connectivity index (χ1) is 17.6. The summed E-state index contributed by atoms with van der Waals surface area (Å²) in [6.07, 6.45) is 1.38. The predicted octanol–water partition coefficient (Wildman–Crippen LogP) is 4.12. The minimum Gasteiger partial charge on any atom is -0.339 e. The van der Waals surface area contributed by atoms with Gasteiger partial charge in [-0.2, -0.15) is 0 Å². The molecule has 2 heterocycles. The maximum Gasteiger partial charge on any atom is 0.332 e. The van der Waals surface area contributed by atoms with Crippen LogP contribution in [0.4, 0.5) is 26.2 Å². The first-order valence-electron chi connectivity index (χ1n) is 11.9. The van der Waals surface area contributed by atoms with Gasteiger partial charge in [-0.05, 0) is 71.8 Å². The van der Waals surface area contributed by atoms with Crippen LogP contribution in [0.3, 0.4) is 0 Å². The van der Waals surface area contributed by atoms with Gasteiger partial charge in [-0.25, -0.2) is 9.18 Å². The summed E-state index contributed by atoms with van der Waals surface area (Å²) in [6.45, 7) is 3.05. The SMILES string of the molecule is CC(=O)Nc1cccc(N2C(=O)N(C3CC3)C(=O)C3=C(Nc4ccc(I)cc4F)N(C)C(=O)C(C)C32)c1. The zero-order chi connectivity index (χ0) is 26.6. The van der Waals surface area contributed by atoms with Crippen molar-refractivity contribution in [3.8, 4) is 0 Å². The smallest absolute Gasteiger partial charge is 0.332 e. The molecule has 2 atom stereocenters. The second-order valence-corrected chi connectivity index (χ2v) is 10.7. The van der Waals surface area contributed by atoms with E-state index < -0.39 is 29.7 Å². The molecule has 2 aromatic rings. The molecule has 2 N–H and O–H groups in total. The van der Waals surface area contributed by atoms with Gasteiger partial charge in [0.05, 0.1) is 23.2 Å². The number of nitrogens with zero attached hydrogens (tertiary/aromatic N) is 3. The number of anilines is 3. The Bertz CT molecular complexity index is 1370. The minimum absolute atomic E-state index is 0.109. The maximum absolute atomic E-state index is 14.8. The average molecular weight is 617 g/mol. The Hall–Kier alpha value is -3.48. The predicted molar refractivity (Wildman–Crippen MR) is 144 cm³/mol. The lowest BCUT2D eigenvalue weighted by Gasteiger charge is -2.48. The van der Waals surface area contributed by atoms with Gasteiger partial charge < -0.3 is 15.5 Å². The van der Waals surface area contributed by atoms with Gasteiger partial charge in [0.2, 0.25) is 11.8 Å². The van der Waals surface area contributed by atoms with Crippen LogP contribution in [0.2, 0.25) is 0 Å². The standard InChI is InChI=1S/C26H25FIN5O4/c1-13-22-21(23(31(3)24(13)35)30-20-10-7-15(28)11-19(20)27)25(36)33(17-8-9-17)26(37)32(22)18-6-4-5-16(12-18)29-14(2)34/h4-7,10-13,17,22,30H,8-9H2,1-3H3,(H,29,34). The third kappa shape index (κ3) is 4.45. The molecule has 0 bridgehead atoms. The molecule has 37 heavy (non-hydrogen) atoms. The summed E-state index contributed by atoms with van der Waals surface area (Å²) >= 11 is 2.00. The molecule has 3 aliphatic rings. The van der Waals surface area contributed by atoms with Crippen molar-refractivity contribution in [3.63, 3.8) is 0 Å². The minimum atomic E-state index is -0.930. The Morgan fingerprint density at radius 1 is 1.08 bits per heavy atom. The van der Waals surface area contributed by atoms with E-state index in [9.17, 15) is 23.6 Å². The Morgan fingerprint density at radius 2 is 1.81 bits per heavy atom. The van der Waals surface area contributed by atoms with Crippen molar-refractivity contribution in [2.75, 3.05) is 22.6 Å². The highest BCUT2D eigenvalue weighted by Gasteiger charge is 2.55. The third-order valence-corrected chi connectivity index (χ3v) is 7.43. The number of imide groups is 1. The summed E-state index contributed by atoms with van der Waals surface area (Å²) in [5.74, 6) is -2.25. The van der Waals surface area contributed by atoms with E-state index in [1.807, 2.05) is 22.6 Å². The van der Waals surface area contributed by atoms with E-state index in [4.69, 9.17) is 0 Å². The van der Waals surface area contributed by atoms with E-state index in [0.717, 1.165) is 0 Å². The van der Waals surface area contributed by atoms with Crippen LogP contribution in [0.15, 0.2) is 53.9 Å². The Labute approximate surface area is 226 Å². The quantitative estimate of drug-likeness (QED) is 0.492. The van der Waals surface area contributed by atoms with Gasteiger partial charge in [0.1, 0.15) is 11.6 Å². The van der Waals surface area contributed by atoms with E-state index in [2.05, 4.69) is 10.6 Å². The van der Waals surface area contributed by atoms with Gasteiger partial charge >= 0.3 is 6.03 Å². The van der Waals surface area contributed by atoms with Crippen molar-refractivity contribution in [1.29, 1.82) is 0 Å². The molecule has 5 rings (SSSR count). The average Bonchev–Trinajstić information content (AvgIpc) is 3.67. The molecule has 2 aliphatic heterocycles. The molecule has 9 nitrogen and oxygen atoms in total. The van der Waals surface area contributed by atoms with Crippen molar-refractivity contribution < 1.29 is 23.6 Å². The van der Waals surface area contributed by atoms with E-state index in [1.54, 1.807) is 43.3 Å². The van der Waals surface area contributed by atoms with Crippen molar-refractivity contribution in [3.05, 3.63) is 63.2 Å². The highest BCUT2D eigenvalue weighted by Crippen LogP contribution is 2.42. The fraction of sp³-hybridized carbons (Fsp3) is 0.308. The summed E-state index contributed by atoms with van der Waals surface area (Å²) in [6, 6.07) is 9.62. The molecular formula is C26H25FIN5O4.